The first-order valence-corrected chi connectivity index (χ1v) is 10.6. The lowest BCUT2D eigenvalue weighted by Crippen LogP contribution is -2.26. The minimum atomic E-state index is -0.718. The van der Waals surface area contributed by atoms with Gasteiger partial charge in [0.25, 0.3) is 5.91 Å². The van der Waals surface area contributed by atoms with Crippen LogP contribution in [0.3, 0.4) is 0 Å². The van der Waals surface area contributed by atoms with Gasteiger partial charge in [-0.3, -0.25) is 10.1 Å². The number of benzene rings is 1. The molecule has 4 rings (SSSR count). The van der Waals surface area contributed by atoms with Gasteiger partial charge < -0.3 is 26.4 Å². The van der Waals surface area contributed by atoms with Gasteiger partial charge in [-0.15, -0.1) is 10.2 Å². The van der Waals surface area contributed by atoms with E-state index >= 15 is 0 Å². The lowest BCUT2D eigenvalue weighted by atomic mass is 10.1. The maximum Gasteiger partial charge on any atom is 0.259 e. The second-order valence-electron chi connectivity index (χ2n) is 7.15. The van der Waals surface area contributed by atoms with E-state index in [1.165, 1.54) is 18.4 Å². The van der Waals surface area contributed by atoms with Crippen molar-refractivity contribution >= 4 is 44.8 Å². The first kappa shape index (κ1) is 20.8. The molecule has 1 saturated heterocycles. The average molecular weight is 441 g/mol. The number of nitrogens with one attached hydrogen (secondary N) is 2. The number of ether oxygens (including phenoxy) is 1. The maximum absolute atomic E-state index is 12.6. The Kier molecular flexibility index (Phi) is 6.14. The van der Waals surface area contributed by atoms with E-state index in [-0.39, 0.29) is 11.9 Å². The summed E-state index contributed by atoms with van der Waals surface area (Å²) in [6.45, 7) is 1.58. The summed E-state index contributed by atoms with van der Waals surface area (Å²) in [5.74, 6) is 0.839. The molecule has 1 unspecified atom stereocenters. The first-order valence-electron chi connectivity index (χ1n) is 9.79. The number of carbonyl (C=O) groups excluding carboxylic acids is 1. The second-order valence-corrected chi connectivity index (χ2v) is 8.13. The molecule has 3 heterocycles. The Hall–Kier alpha value is -3.44. The molecule has 162 valence electrons. The highest BCUT2D eigenvalue weighted by molar-refractivity contribution is 7.19. The quantitative estimate of drug-likeness (QED) is 0.434. The van der Waals surface area contributed by atoms with Crippen molar-refractivity contribution in [3.63, 3.8) is 0 Å². The van der Waals surface area contributed by atoms with Crippen LogP contribution in [0.5, 0.6) is 0 Å². The van der Waals surface area contributed by atoms with Crippen LogP contribution in [0.15, 0.2) is 42.5 Å². The number of nitrogens with zero attached hydrogens (tertiary/aromatic N) is 4. The summed E-state index contributed by atoms with van der Waals surface area (Å²) in [6, 6.07) is 13.1. The minimum absolute atomic E-state index is 0.174. The molecular formula is C20H24N8O2S. The first-order chi connectivity index (χ1) is 15.0. The molecule has 0 spiro atoms. The van der Waals surface area contributed by atoms with Gasteiger partial charge in [-0.2, -0.15) is 0 Å². The second kappa shape index (κ2) is 9.14. The zero-order valence-electron chi connectivity index (χ0n) is 17.0. The largest absolute Gasteiger partial charge is 0.396 e. The minimum Gasteiger partial charge on any atom is -0.396 e. The molecule has 1 amide bonds. The van der Waals surface area contributed by atoms with Gasteiger partial charge in [-0.1, -0.05) is 41.7 Å². The SMILES string of the molecule is COC(C(=O)Nc1nnc(N[C@@H]2CCN(c3ccc(N)c(N)n3)C2)s1)c1ccccc1. The van der Waals surface area contributed by atoms with E-state index in [0.29, 0.717) is 21.8 Å². The molecule has 3 aromatic rings. The Morgan fingerprint density at radius 1 is 1.19 bits per heavy atom. The van der Waals surface area contributed by atoms with Crippen molar-refractivity contribution < 1.29 is 9.53 Å². The third kappa shape index (κ3) is 4.84. The van der Waals surface area contributed by atoms with Crippen LogP contribution in [0.25, 0.3) is 0 Å². The van der Waals surface area contributed by atoms with Crippen LogP contribution in [0.2, 0.25) is 0 Å². The summed E-state index contributed by atoms with van der Waals surface area (Å²) in [5, 5.41) is 15.4. The normalized spacial score (nSPS) is 16.8. The fraction of sp³-hybridized carbons (Fsp3) is 0.300. The molecule has 11 heteroatoms. The summed E-state index contributed by atoms with van der Waals surface area (Å²) in [7, 11) is 1.50. The Morgan fingerprint density at radius 3 is 2.71 bits per heavy atom. The summed E-state index contributed by atoms with van der Waals surface area (Å²) < 4.78 is 5.35. The number of nitrogens with two attached hydrogens (primary N) is 2. The zero-order chi connectivity index (χ0) is 21.8. The average Bonchev–Trinajstić information content (AvgIpc) is 3.41. The van der Waals surface area contributed by atoms with Crippen LogP contribution in [0.1, 0.15) is 18.1 Å². The number of nitrogen functional groups attached to an aromatic ring is 2. The fourth-order valence-corrected chi connectivity index (χ4v) is 4.16. The van der Waals surface area contributed by atoms with Crippen LogP contribution in [0, 0.1) is 0 Å². The molecule has 1 aliphatic heterocycles. The Morgan fingerprint density at radius 2 is 1.97 bits per heavy atom. The van der Waals surface area contributed by atoms with Crippen LogP contribution in [-0.4, -0.2) is 47.3 Å². The molecule has 1 aromatic carbocycles. The number of aromatic nitrogens is 3. The summed E-state index contributed by atoms with van der Waals surface area (Å²) >= 11 is 1.28. The molecule has 2 atom stereocenters. The summed E-state index contributed by atoms with van der Waals surface area (Å²) in [6.07, 6.45) is 0.192. The van der Waals surface area contributed by atoms with Crippen LogP contribution < -0.4 is 27.0 Å². The molecular weight excluding hydrogens is 416 g/mol. The summed E-state index contributed by atoms with van der Waals surface area (Å²) in [5.41, 5.74) is 12.8. The third-order valence-electron chi connectivity index (χ3n) is 5.01. The van der Waals surface area contributed by atoms with Crippen molar-refractivity contribution in [3.05, 3.63) is 48.0 Å². The van der Waals surface area contributed by atoms with E-state index < -0.39 is 6.10 Å². The van der Waals surface area contributed by atoms with Crippen LogP contribution >= 0.6 is 11.3 Å². The number of carbonyl (C=O) groups is 1. The smallest absolute Gasteiger partial charge is 0.259 e. The van der Waals surface area contributed by atoms with Gasteiger partial charge in [-0.25, -0.2) is 4.98 Å². The molecule has 10 nitrogen and oxygen atoms in total. The fourth-order valence-electron chi connectivity index (χ4n) is 3.44. The molecule has 31 heavy (non-hydrogen) atoms. The number of hydrogen-bond donors (Lipinski definition) is 4. The highest BCUT2D eigenvalue weighted by Crippen LogP contribution is 2.27. The highest BCUT2D eigenvalue weighted by Gasteiger charge is 2.25. The number of methoxy groups -OCH3 is 1. The number of amides is 1. The number of hydrogen-bond acceptors (Lipinski definition) is 10. The van der Waals surface area contributed by atoms with Crippen molar-refractivity contribution in [3.8, 4) is 0 Å². The number of pyridine rings is 1. The van der Waals surface area contributed by atoms with Crippen molar-refractivity contribution in [2.75, 3.05) is 47.2 Å². The van der Waals surface area contributed by atoms with E-state index in [9.17, 15) is 4.79 Å². The van der Waals surface area contributed by atoms with Gasteiger partial charge in [0.15, 0.2) is 6.10 Å². The Labute approximate surface area is 183 Å². The van der Waals surface area contributed by atoms with E-state index in [4.69, 9.17) is 16.2 Å². The lowest BCUT2D eigenvalue weighted by Gasteiger charge is -2.18. The highest BCUT2D eigenvalue weighted by atomic mass is 32.1. The lowest BCUT2D eigenvalue weighted by molar-refractivity contribution is -0.126. The topological polar surface area (TPSA) is 144 Å². The standard InChI is InChI=1S/C20H24N8O2S/c1-30-16(12-5-3-2-4-6-12)18(29)25-20-27-26-19(31-20)23-13-9-10-28(11-13)15-8-7-14(21)17(22)24-15/h2-8,13,16H,9-11,21H2,1H3,(H2,22,24)(H,23,26)(H,25,27,29)/t13-,16?/m1/s1. The molecule has 0 aliphatic carbocycles. The number of rotatable bonds is 7. The summed E-state index contributed by atoms with van der Waals surface area (Å²) in [4.78, 5) is 19.1. The molecule has 0 saturated carbocycles. The maximum atomic E-state index is 12.6. The van der Waals surface area contributed by atoms with Gasteiger partial charge in [0.05, 0.1) is 5.69 Å². The molecule has 0 radical (unpaired) electrons. The third-order valence-corrected chi connectivity index (χ3v) is 5.78. The molecule has 1 aliphatic rings. The zero-order valence-corrected chi connectivity index (χ0v) is 17.8. The number of anilines is 5. The van der Waals surface area contributed by atoms with Gasteiger partial charge in [0.2, 0.25) is 10.3 Å². The monoisotopic (exact) mass is 440 g/mol. The molecule has 6 N–H and O–H groups in total. The van der Waals surface area contributed by atoms with Gasteiger partial charge >= 0.3 is 0 Å². The molecule has 2 aromatic heterocycles. The predicted octanol–water partition coefficient (Wildman–Crippen LogP) is 2.11. The predicted molar refractivity (Wildman–Crippen MR) is 122 cm³/mol. The van der Waals surface area contributed by atoms with Gasteiger partial charge in [0.1, 0.15) is 11.6 Å². The van der Waals surface area contributed by atoms with Crippen LogP contribution in [0.4, 0.5) is 27.6 Å². The van der Waals surface area contributed by atoms with Gasteiger partial charge in [0, 0.05) is 26.2 Å². The Bertz CT molecular complexity index is 1040. The Balaban J connectivity index is 1.34. The van der Waals surface area contributed by atoms with Crippen molar-refractivity contribution in [2.24, 2.45) is 0 Å². The van der Waals surface area contributed by atoms with Crippen molar-refractivity contribution in [1.82, 2.24) is 15.2 Å². The van der Waals surface area contributed by atoms with Crippen LogP contribution in [-0.2, 0) is 9.53 Å². The molecule has 0 bridgehead atoms. The molecule has 1 fully saturated rings. The van der Waals surface area contributed by atoms with E-state index in [2.05, 4.69) is 30.7 Å². The van der Waals surface area contributed by atoms with E-state index in [1.54, 1.807) is 6.07 Å². The van der Waals surface area contributed by atoms with E-state index in [1.807, 2.05) is 36.4 Å². The van der Waals surface area contributed by atoms with E-state index in [0.717, 1.165) is 30.9 Å². The van der Waals surface area contributed by atoms with Crippen molar-refractivity contribution in [2.45, 2.75) is 18.6 Å². The van der Waals surface area contributed by atoms with Crippen molar-refractivity contribution in [1.29, 1.82) is 0 Å². The van der Waals surface area contributed by atoms with Gasteiger partial charge in [-0.05, 0) is 24.1 Å².